The number of carbonyl (C=O) groups is 1. The first-order chi connectivity index (χ1) is 12.4. The fraction of sp³-hybridized carbons (Fsp3) is 0.294. The number of nitrogens with one attached hydrogen (secondary N) is 2. The van der Waals surface area contributed by atoms with Gasteiger partial charge in [-0.3, -0.25) is 4.79 Å². The summed E-state index contributed by atoms with van der Waals surface area (Å²) in [5.41, 5.74) is -0.565. The van der Waals surface area contributed by atoms with Gasteiger partial charge in [0.25, 0.3) is 5.91 Å². The van der Waals surface area contributed by atoms with Crippen LogP contribution in [0, 0.1) is 0 Å². The van der Waals surface area contributed by atoms with Gasteiger partial charge in [-0.05, 0) is 24.3 Å². The SMILES string of the molecule is COc1ccc(C(=O)NCCNc2ncccc2C(F)(F)F)c(OC)c1. The number of halogens is 3. The zero-order valence-corrected chi connectivity index (χ0v) is 14.2. The molecule has 1 amide bonds. The molecule has 2 aromatic rings. The summed E-state index contributed by atoms with van der Waals surface area (Å²) in [4.78, 5) is 15.9. The smallest absolute Gasteiger partial charge is 0.419 e. The van der Waals surface area contributed by atoms with Gasteiger partial charge in [-0.25, -0.2) is 4.98 Å². The molecule has 9 heteroatoms. The number of hydrogen-bond donors (Lipinski definition) is 2. The first kappa shape index (κ1) is 19.4. The van der Waals surface area contributed by atoms with E-state index in [4.69, 9.17) is 9.47 Å². The minimum absolute atomic E-state index is 0.0737. The molecule has 1 aromatic carbocycles. The molecule has 2 N–H and O–H groups in total. The third-order valence-electron chi connectivity index (χ3n) is 3.47. The van der Waals surface area contributed by atoms with Gasteiger partial charge < -0.3 is 20.1 Å². The van der Waals surface area contributed by atoms with E-state index in [2.05, 4.69) is 15.6 Å². The number of rotatable bonds is 7. The van der Waals surface area contributed by atoms with E-state index in [-0.39, 0.29) is 18.9 Å². The van der Waals surface area contributed by atoms with E-state index in [9.17, 15) is 18.0 Å². The van der Waals surface area contributed by atoms with Gasteiger partial charge in [0.1, 0.15) is 17.3 Å². The average molecular weight is 369 g/mol. The third-order valence-corrected chi connectivity index (χ3v) is 3.47. The largest absolute Gasteiger partial charge is 0.497 e. The number of methoxy groups -OCH3 is 2. The number of benzene rings is 1. The average Bonchev–Trinajstić information content (AvgIpc) is 2.64. The van der Waals surface area contributed by atoms with Gasteiger partial charge in [0.2, 0.25) is 0 Å². The molecule has 0 radical (unpaired) electrons. The van der Waals surface area contributed by atoms with Gasteiger partial charge in [-0.2, -0.15) is 13.2 Å². The highest BCUT2D eigenvalue weighted by Gasteiger charge is 2.33. The highest BCUT2D eigenvalue weighted by molar-refractivity contribution is 5.97. The highest BCUT2D eigenvalue weighted by Crippen LogP contribution is 2.33. The summed E-state index contributed by atoms with van der Waals surface area (Å²) >= 11 is 0. The van der Waals surface area contributed by atoms with Crippen LogP contribution in [0.5, 0.6) is 11.5 Å². The zero-order chi connectivity index (χ0) is 19.2. The lowest BCUT2D eigenvalue weighted by atomic mass is 10.1. The summed E-state index contributed by atoms with van der Waals surface area (Å²) in [5, 5.41) is 5.18. The maximum Gasteiger partial charge on any atom is 0.419 e. The molecule has 0 unspecified atom stereocenters. The lowest BCUT2D eigenvalue weighted by molar-refractivity contribution is -0.137. The molecule has 6 nitrogen and oxygen atoms in total. The van der Waals surface area contributed by atoms with E-state index in [1.165, 1.54) is 26.5 Å². The molecule has 1 aromatic heterocycles. The maximum atomic E-state index is 12.9. The van der Waals surface area contributed by atoms with Gasteiger partial charge in [0.05, 0.1) is 25.3 Å². The van der Waals surface area contributed by atoms with E-state index in [0.29, 0.717) is 17.1 Å². The van der Waals surface area contributed by atoms with Crippen molar-refractivity contribution in [2.75, 3.05) is 32.6 Å². The fourth-order valence-corrected chi connectivity index (χ4v) is 2.21. The Morgan fingerprint density at radius 3 is 2.58 bits per heavy atom. The third kappa shape index (κ3) is 4.78. The number of anilines is 1. The van der Waals surface area contributed by atoms with Gasteiger partial charge in [0, 0.05) is 25.4 Å². The van der Waals surface area contributed by atoms with Gasteiger partial charge in [0.15, 0.2) is 0 Å². The van der Waals surface area contributed by atoms with Crippen LogP contribution in [0.1, 0.15) is 15.9 Å². The van der Waals surface area contributed by atoms with Crippen LogP contribution in [0.4, 0.5) is 19.0 Å². The summed E-state index contributed by atoms with van der Waals surface area (Å²) in [6.07, 6.45) is -3.24. The minimum Gasteiger partial charge on any atom is -0.497 e. The molecular weight excluding hydrogens is 351 g/mol. The van der Waals surface area contributed by atoms with Crippen molar-refractivity contribution in [2.45, 2.75) is 6.18 Å². The predicted octanol–water partition coefficient (Wildman–Crippen LogP) is 2.96. The summed E-state index contributed by atoms with van der Waals surface area (Å²) in [5.74, 6) is 0.174. The van der Waals surface area contributed by atoms with Crippen LogP contribution in [0.15, 0.2) is 36.5 Å². The summed E-state index contributed by atoms with van der Waals surface area (Å²) in [7, 11) is 2.92. The lowest BCUT2D eigenvalue weighted by Gasteiger charge is -2.14. The summed E-state index contributed by atoms with van der Waals surface area (Å²) in [6, 6.07) is 6.87. The Morgan fingerprint density at radius 2 is 1.92 bits per heavy atom. The number of aromatic nitrogens is 1. The second-order valence-electron chi connectivity index (χ2n) is 5.15. The van der Waals surface area contributed by atoms with Gasteiger partial charge in [-0.15, -0.1) is 0 Å². The molecule has 1 heterocycles. The Bertz CT molecular complexity index is 766. The number of ether oxygens (including phenoxy) is 2. The number of carbonyl (C=O) groups excluding carboxylic acids is 1. The van der Waals surface area contributed by atoms with E-state index in [0.717, 1.165) is 6.07 Å². The number of hydrogen-bond acceptors (Lipinski definition) is 5. The van der Waals surface area contributed by atoms with Crippen LogP contribution >= 0.6 is 0 Å². The number of alkyl halides is 3. The number of pyridine rings is 1. The van der Waals surface area contributed by atoms with Crippen molar-refractivity contribution in [2.24, 2.45) is 0 Å². The molecule has 140 valence electrons. The summed E-state index contributed by atoms with van der Waals surface area (Å²) in [6.45, 7) is 0.173. The predicted molar refractivity (Wildman–Crippen MR) is 89.6 cm³/mol. The molecule has 0 saturated carbocycles. The zero-order valence-electron chi connectivity index (χ0n) is 14.2. The molecule has 2 rings (SSSR count). The molecule has 0 spiro atoms. The van der Waals surface area contributed by atoms with Crippen LogP contribution in [-0.4, -0.2) is 38.2 Å². The molecule has 0 aliphatic heterocycles. The van der Waals surface area contributed by atoms with E-state index in [1.807, 2.05) is 0 Å². The van der Waals surface area contributed by atoms with E-state index in [1.54, 1.807) is 18.2 Å². The van der Waals surface area contributed by atoms with Gasteiger partial charge in [-0.1, -0.05) is 0 Å². The van der Waals surface area contributed by atoms with Crippen molar-refractivity contribution < 1.29 is 27.4 Å². The standard InChI is InChI=1S/C17H18F3N3O3/c1-25-11-5-6-12(14(10-11)26-2)16(24)23-9-8-22-15-13(17(18,19)20)4-3-7-21-15/h3-7,10H,8-9H2,1-2H3,(H,21,22)(H,23,24). The van der Waals surface area contributed by atoms with Crippen LogP contribution < -0.4 is 20.1 Å². The first-order valence-electron chi connectivity index (χ1n) is 7.63. The van der Waals surface area contributed by atoms with E-state index < -0.39 is 17.6 Å². The van der Waals surface area contributed by atoms with Crippen molar-refractivity contribution >= 4 is 11.7 Å². The first-order valence-corrected chi connectivity index (χ1v) is 7.63. The Hall–Kier alpha value is -2.97. The van der Waals surface area contributed by atoms with Crippen LogP contribution in [0.2, 0.25) is 0 Å². The molecule has 26 heavy (non-hydrogen) atoms. The van der Waals surface area contributed by atoms with Crippen LogP contribution in [0.25, 0.3) is 0 Å². The molecule has 0 fully saturated rings. The van der Waals surface area contributed by atoms with Gasteiger partial charge >= 0.3 is 6.18 Å². The Labute approximate surface area is 148 Å². The molecule has 0 saturated heterocycles. The molecule has 0 atom stereocenters. The fourth-order valence-electron chi connectivity index (χ4n) is 2.21. The normalized spacial score (nSPS) is 11.0. The van der Waals surface area contributed by atoms with Crippen molar-refractivity contribution in [1.29, 1.82) is 0 Å². The lowest BCUT2D eigenvalue weighted by Crippen LogP contribution is -2.29. The van der Waals surface area contributed by atoms with E-state index >= 15 is 0 Å². The van der Waals surface area contributed by atoms with Crippen molar-refractivity contribution in [1.82, 2.24) is 10.3 Å². The molecule has 0 aliphatic rings. The Kier molecular flexibility index (Phi) is 6.26. The number of amides is 1. The molecule has 0 bridgehead atoms. The second kappa shape index (κ2) is 8.41. The maximum absolute atomic E-state index is 12.9. The quantitative estimate of drug-likeness (QED) is 0.734. The Morgan fingerprint density at radius 1 is 1.15 bits per heavy atom. The van der Waals surface area contributed by atoms with Crippen LogP contribution in [0.3, 0.4) is 0 Å². The monoisotopic (exact) mass is 369 g/mol. The molecular formula is C17H18F3N3O3. The minimum atomic E-state index is -4.50. The topological polar surface area (TPSA) is 72.5 Å². The highest BCUT2D eigenvalue weighted by atomic mass is 19.4. The molecule has 0 aliphatic carbocycles. The van der Waals surface area contributed by atoms with Crippen LogP contribution in [-0.2, 0) is 6.18 Å². The number of nitrogens with zero attached hydrogens (tertiary/aromatic N) is 1. The van der Waals surface area contributed by atoms with Crippen molar-refractivity contribution in [3.05, 3.63) is 47.7 Å². The van der Waals surface area contributed by atoms with Crippen molar-refractivity contribution in [3.8, 4) is 11.5 Å². The Balaban J connectivity index is 1.94. The second-order valence-corrected chi connectivity index (χ2v) is 5.15. The van der Waals surface area contributed by atoms with Crippen molar-refractivity contribution in [3.63, 3.8) is 0 Å². The summed E-state index contributed by atoms with van der Waals surface area (Å²) < 4.78 is 48.8.